The van der Waals surface area contributed by atoms with Gasteiger partial charge in [-0.25, -0.2) is 9.67 Å². The first-order valence-electron chi connectivity index (χ1n) is 5.22. The molecule has 3 rings (SSSR count). The van der Waals surface area contributed by atoms with E-state index in [-0.39, 0.29) is 0 Å². The van der Waals surface area contributed by atoms with Gasteiger partial charge >= 0.3 is 0 Å². The minimum absolute atomic E-state index is 0.393. The first-order chi connectivity index (χ1) is 8.22. The highest BCUT2D eigenvalue weighted by molar-refractivity contribution is 7.08. The molecule has 0 fully saturated rings. The molecule has 3 heterocycles. The molecule has 6 heteroatoms. The Morgan fingerprint density at radius 1 is 1.47 bits per heavy atom. The van der Waals surface area contributed by atoms with Gasteiger partial charge in [-0.3, -0.25) is 4.57 Å². The van der Waals surface area contributed by atoms with E-state index in [1.54, 1.807) is 11.3 Å². The fraction of sp³-hybridized carbons (Fsp3) is 0.273. The number of aryl methyl sites for hydroxylation is 2. The third kappa shape index (κ3) is 1.50. The number of thiophene rings is 1. The first kappa shape index (κ1) is 10.8. The number of alkyl halides is 1. The highest BCUT2D eigenvalue weighted by Crippen LogP contribution is 2.25. The van der Waals surface area contributed by atoms with Crippen molar-refractivity contribution in [1.82, 2.24) is 19.3 Å². The van der Waals surface area contributed by atoms with E-state index >= 15 is 0 Å². The van der Waals surface area contributed by atoms with Gasteiger partial charge in [0, 0.05) is 12.4 Å². The summed E-state index contributed by atoms with van der Waals surface area (Å²) in [4.78, 5) is 4.56. The third-order valence-corrected chi connectivity index (χ3v) is 3.67. The van der Waals surface area contributed by atoms with E-state index < -0.39 is 0 Å². The van der Waals surface area contributed by atoms with Crippen molar-refractivity contribution in [3.05, 3.63) is 28.3 Å². The highest BCUT2D eigenvalue weighted by atomic mass is 35.5. The van der Waals surface area contributed by atoms with Crippen LogP contribution in [0, 0.1) is 6.92 Å². The van der Waals surface area contributed by atoms with Crippen LogP contribution in [0.3, 0.4) is 0 Å². The molecule has 0 saturated carbocycles. The molecule has 4 nitrogen and oxygen atoms in total. The Balaban J connectivity index is 2.41. The lowest BCUT2D eigenvalue weighted by molar-refractivity contribution is 0.755. The van der Waals surface area contributed by atoms with Gasteiger partial charge in [0.25, 0.3) is 0 Å². The minimum Gasteiger partial charge on any atom is -0.279 e. The molecule has 0 atom stereocenters. The van der Waals surface area contributed by atoms with Crippen molar-refractivity contribution in [3.8, 4) is 5.69 Å². The number of halogens is 1. The van der Waals surface area contributed by atoms with E-state index in [0.717, 1.165) is 28.4 Å². The van der Waals surface area contributed by atoms with E-state index in [2.05, 4.69) is 26.1 Å². The maximum Gasteiger partial charge on any atom is 0.163 e. The van der Waals surface area contributed by atoms with Gasteiger partial charge in [0.05, 0.1) is 17.3 Å². The predicted octanol–water partition coefficient (Wildman–Crippen LogP) is 2.87. The lowest BCUT2D eigenvalue weighted by Crippen LogP contribution is -2.03. The van der Waals surface area contributed by atoms with E-state index in [1.165, 1.54) is 0 Å². The summed E-state index contributed by atoms with van der Waals surface area (Å²) in [6.45, 7) is 1.96. The lowest BCUT2D eigenvalue weighted by atomic mass is 10.4. The standard InChI is InChI=1S/C11H11ClN4S/c1-7-10-11(15(2)14-7)16(9(5-12)13-10)8-3-4-17-6-8/h3-4,6H,5H2,1-2H3. The number of imidazole rings is 1. The lowest BCUT2D eigenvalue weighted by Gasteiger charge is -2.05. The van der Waals surface area contributed by atoms with Crippen LogP contribution in [0.15, 0.2) is 16.8 Å². The largest absolute Gasteiger partial charge is 0.279 e. The van der Waals surface area contributed by atoms with Crippen LogP contribution in [0.5, 0.6) is 0 Å². The van der Waals surface area contributed by atoms with E-state index in [0.29, 0.717) is 5.88 Å². The molecule has 0 radical (unpaired) electrons. The molecule has 0 spiro atoms. The summed E-state index contributed by atoms with van der Waals surface area (Å²) in [6.07, 6.45) is 0. The van der Waals surface area contributed by atoms with Crippen molar-refractivity contribution in [1.29, 1.82) is 0 Å². The average Bonchev–Trinajstić information content (AvgIpc) is 2.98. The van der Waals surface area contributed by atoms with Crippen LogP contribution >= 0.6 is 22.9 Å². The molecule has 0 saturated heterocycles. The number of rotatable bonds is 2. The Morgan fingerprint density at radius 2 is 2.29 bits per heavy atom. The zero-order valence-electron chi connectivity index (χ0n) is 9.51. The molecule has 0 aliphatic carbocycles. The summed E-state index contributed by atoms with van der Waals surface area (Å²) in [6, 6.07) is 2.06. The Hall–Kier alpha value is -1.33. The van der Waals surface area contributed by atoms with Crippen LogP contribution in [-0.4, -0.2) is 19.3 Å². The van der Waals surface area contributed by atoms with Gasteiger partial charge in [-0.05, 0) is 18.4 Å². The van der Waals surface area contributed by atoms with E-state index in [1.807, 2.05) is 24.0 Å². The molecule has 88 valence electrons. The molecule has 0 N–H and O–H groups in total. The van der Waals surface area contributed by atoms with Crippen LogP contribution in [0.2, 0.25) is 0 Å². The molecule has 0 aromatic carbocycles. The molecule has 3 aromatic heterocycles. The van der Waals surface area contributed by atoms with Gasteiger partial charge < -0.3 is 0 Å². The van der Waals surface area contributed by atoms with Crippen LogP contribution in [0.1, 0.15) is 11.5 Å². The van der Waals surface area contributed by atoms with E-state index in [4.69, 9.17) is 11.6 Å². The Morgan fingerprint density at radius 3 is 2.94 bits per heavy atom. The van der Waals surface area contributed by atoms with Crippen molar-refractivity contribution in [2.45, 2.75) is 12.8 Å². The van der Waals surface area contributed by atoms with Crippen molar-refractivity contribution in [2.75, 3.05) is 0 Å². The predicted molar refractivity (Wildman–Crippen MR) is 70.0 cm³/mol. The molecular weight excluding hydrogens is 256 g/mol. The van der Waals surface area contributed by atoms with Crippen LogP contribution in [0.25, 0.3) is 16.9 Å². The summed E-state index contributed by atoms with van der Waals surface area (Å²) >= 11 is 7.63. The van der Waals surface area contributed by atoms with Crippen LogP contribution in [-0.2, 0) is 12.9 Å². The fourth-order valence-electron chi connectivity index (χ4n) is 2.06. The maximum absolute atomic E-state index is 5.97. The minimum atomic E-state index is 0.393. The van der Waals surface area contributed by atoms with Crippen molar-refractivity contribution in [2.24, 2.45) is 7.05 Å². The van der Waals surface area contributed by atoms with Gasteiger partial charge in [-0.1, -0.05) is 0 Å². The fourth-order valence-corrected chi connectivity index (χ4v) is 2.86. The second-order valence-electron chi connectivity index (χ2n) is 3.86. The van der Waals surface area contributed by atoms with Gasteiger partial charge in [0.15, 0.2) is 5.65 Å². The quantitative estimate of drug-likeness (QED) is 0.669. The monoisotopic (exact) mass is 266 g/mol. The van der Waals surface area contributed by atoms with E-state index in [9.17, 15) is 0 Å². The van der Waals surface area contributed by atoms with Gasteiger partial charge in [0.1, 0.15) is 11.3 Å². The zero-order valence-corrected chi connectivity index (χ0v) is 11.1. The number of hydrogen-bond donors (Lipinski definition) is 0. The molecule has 0 unspecified atom stereocenters. The summed E-state index contributed by atoms with van der Waals surface area (Å²) in [5.41, 5.74) is 3.95. The van der Waals surface area contributed by atoms with Crippen LogP contribution < -0.4 is 0 Å². The van der Waals surface area contributed by atoms with Crippen molar-refractivity contribution >= 4 is 34.1 Å². The Bertz CT molecular complexity index is 665. The second-order valence-corrected chi connectivity index (χ2v) is 4.91. The van der Waals surface area contributed by atoms with Gasteiger partial charge in [-0.15, -0.1) is 11.6 Å². The SMILES string of the molecule is Cc1nn(C)c2c1nc(CCl)n2-c1ccsc1. The second kappa shape index (κ2) is 3.85. The molecule has 0 aliphatic heterocycles. The smallest absolute Gasteiger partial charge is 0.163 e. The summed E-state index contributed by atoms with van der Waals surface area (Å²) in [5, 5.41) is 8.52. The molecule has 0 bridgehead atoms. The summed E-state index contributed by atoms with van der Waals surface area (Å²) in [5.74, 6) is 1.25. The molecule has 0 aliphatic rings. The summed E-state index contributed by atoms with van der Waals surface area (Å²) in [7, 11) is 1.93. The zero-order chi connectivity index (χ0) is 12.0. The molecule has 17 heavy (non-hydrogen) atoms. The molecular formula is C11H11ClN4S. The number of fused-ring (bicyclic) bond motifs is 1. The molecule has 3 aromatic rings. The number of nitrogens with zero attached hydrogens (tertiary/aromatic N) is 4. The highest BCUT2D eigenvalue weighted by Gasteiger charge is 2.17. The molecule has 0 amide bonds. The number of aromatic nitrogens is 4. The number of hydrogen-bond acceptors (Lipinski definition) is 3. The van der Waals surface area contributed by atoms with Crippen molar-refractivity contribution < 1.29 is 0 Å². The average molecular weight is 267 g/mol. The normalized spacial score (nSPS) is 11.5. The van der Waals surface area contributed by atoms with Crippen molar-refractivity contribution in [3.63, 3.8) is 0 Å². The van der Waals surface area contributed by atoms with Gasteiger partial charge in [-0.2, -0.15) is 16.4 Å². The summed E-state index contributed by atoms with van der Waals surface area (Å²) < 4.78 is 3.92. The topological polar surface area (TPSA) is 35.6 Å². The Labute approximate surface area is 107 Å². The van der Waals surface area contributed by atoms with Gasteiger partial charge in [0.2, 0.25) is 0 Å². The van der Waals surface area contributed by atoms with Crippen LogP contribution in [0.4, 0.5) is 0 Å². The Kier molecular flexibility index (Phi) is 2.45. The third-order valence-electron chi connectivity index (χ3n) is 2.76. The first-order valence-corrected chi connectivity index (χ1v) is 6.69. The maximum atomic E-state index is 5.97.